The van der Waals surface area contributed by atoms with E-state index >= 15 is 0 Å². The predicted octanol–water partition coefficient (Wildman–Crippen LogP) is 6.69. The summed E-state index contributed by atoms with van der Waals surface area (Å²) in [4.78, 5) is 26.6. The van der Waals surface area contributed by atoms with Gasteiger partial charge >= 0.3 is 27.9 Å². The number of hydrogen-bond acceptors (Lipinski definition) is 11. The van der Waals surface area contributed by atoms with Crippen LogP contribution in [0.15, 0.2) is 109 Å². The zero-order valence-corrected chi connectivity index (χ0v) is 25.6. The van der Waals surface area contributed by atoms with Gasteiger partial charge in [-0.3, -0.25) is 5.43 Å². The van der Waals surface area contributed by atoms with Gasteiger partial charge in [-0.15, -0.1) is 0 Å². The molecule has 0 saturated heterocycles. The van der Waals surface area contributed by atoms with Crippen LogP contribution in [0.1, 0.15) is 35.3 Å². The smallest absolute Gasteiger partial charge is 0.451 e. The van der Waals surface area contributed by atoms with Crippen LogP contribution in [0.25, 0.3) is 0 Å². The minimum absolute atomic E-state index is 0.0307. The molecule has 0 aliphatic carbocycles. The molecule has 232 valence electrons. The Morgan fingerprint density at radius 3 is 1.80 bits per heavy atom. The zero-order valence-electron chi connectivity index (χ0n) is 23.9. The Morgan fingerprint density at radius 2 is 1.24 bits per heavy atom. The summed E-state index contributed by atoms with van der Waals surface area (Å²) in [5, 5.41) is 0. The molecule has 0 fully saturated rings. The number of nitrogens with one attached hydrogen (secondary N) is 2. The van der Waals surface area contributed by atoms with Crippen molar-refractivity contribution in [3.63, 3.8) is 0 Å². The number of rotatable bonds is 14. The molecule has 0 unspecified atom stereocenters. The molecule has 2 N–H and O–H groups in total. The number of ether oxygens (including phenoxy) is 2. The van der Waals surface area contributed by atoms with E-state index in [0.717, 1.165) is 5.56 Å². The second-order valence-electron chi connectivity index (χ2n) is 9.84. The van der Waals surface area contributed by atoms with Crippen molar-refractivity contribution in [1.29, 1.82) is 0 Å². The Kier molecular flexibility index (Phi) is 11.4. The van der Waals surface area contributed by atoms with Gasteiger partial charge in [0.15, 0.2) is 17.6 Å². The third-order valence-electron chi connectivity index (χ3n) is 6.44. The SMILES string of the molecule is C[C@@](Cc1ccc(OP(=O)=O)c(OP(=O)=O)c1)(NNC(=O)OCc1ccccc1)C(=O)OC(c1ccccc1)c1ccccc1. The molecule has 0 aliphatic heterocycles. The van der Waals surface area contributed by atoms with Crippen LogP contribution in [0, 0.1) is 0 Å². The van der Waals surface area contributed by atoms with Gasteiger partial charge in [-0.1, -0.05) is 97.1 Å². The zero-order chi connectivity index (χ0) is 32.2. The van der Waals surface area contributed by atoms with Crippen molar-refractivity contribution in [2.75, 3.05) is 0 Å². The molecule has 0 saturated carbocycles. The van der Waals surface area contributed by atoms with Crippen molar-refractivity contribution in [3.05, 3.63) is 131 Å². The molecule has 45 heavy (non-hydrogen) atoms. The molecule has 1 atom stereocenters. The van der Waals surface area contributed by atoms with Gasteiger partial charge in [0.05, 0.1) is 0 Å². The van der Waals surface area contributed by atoms with Crippen LogP contribution >= 0.6 is 15.8 Å². The van der Waals surface area contributed by atoms with Crippen LogP contribution in [0.2, 0.25) is 0 Å². The van der Waals surface area contributed by atoms with Crippen molar-refractivity contribution in [1.82, 2.24) is 10.9 Å². The van der Waals surface area contributed by atoms with Crippen molar-refractivity contribution in [2.24, 2.45) is 0 Å². The number of amides is 1. The monoisotopic (exact) mass is 650 g/mol. The van der Waals surface area contributed by atoms with E-state index in [2.05, 4.69) is 15.4 Å². The molecular formula is C31H28N2O10P2. The van der Waals surface area contributed by atoms with Crippen molar-refractivity contribution in [2.45, 2.75) is 31.6 Å². The Bertz CT molecular complexity index is 1690. The highest BCUT2D eigenvalue weighted by atomic mass is 31.1. The highest BCUT2D eigenvalue weighted by molar-refractivity contribution is 7.25. The van der Waals surface area contributed by atoms with E-state index < -0.39 is 45.3 Å². The fourth-order valence-electron chi connectivity index (χ4n) is 4.31. The first-order valence-electron chi connectivity index (χ1n) is 13.5. The highest BCUT2D eigenvalue weighted by Gasteiger charge is 2.38. The maximum Gasteiger partial charge on any atom is 0.529 e. The normalized spacial score (nSPS) is 12.0. The highest BCUT2D eigenvalue weighted by Crippen LogP contribution is 2.36. The minimum Gasteiger partial charge on any atom is -0.451 e. The summed E-state index contributed by atoms with van der Waals surface area (Å²) in [7, 11) is -6.81. The second kappa shape index (κ2) is 15.6. The van der Waals surface area contributed by atoms with Crippen LogP contribution in [0.5, 0.6) is 11.5 Å². The summed E-state index contributed by atoms with van der Waals surface area (Å²) in [5.41, 5.74) is 5.84. The third kappa shape index (κ3) is 9.74. The average Bonchev–Trinajstić information content (AvgIpc) is 3.03. The molecule has 0 radical (unpaired) electrons. The largest absolute Gasteiger partial charge is 0.529 e. The van der Waals surface area contributed by atoms with E-state index in [9.17, 15) is 27.8 Å². The molecular weight excluding hydrogens is 622 g/mol. The van der Waals surface area contributed by atoms with Crippen molar-refractivity contribution in [3.8, 4) is 11.5 Å². The van der Waals surface area contributed by atoms with E-state index in [1.807, 2.05) is 66.7 Å². The lowest BCUT2D eigenvalue weighted by atomic mass is 9.92. The van der Waals surface area contributed by atoms with E-state index in [1.54, 1.807) is 24.3 Å². The molecule has 0 aliphatic rings. The van der Waals surface area contributed by atoms with Crippen molar-refractivity contribution >= 4 is 27.9 Å². The predicted molar refractivity (Wildman–Crippen MR) is 160 cm³/mol. The van der Waals surface area contributed by atoms with Gasteiger partial charge in [0.2, 0.25) is 0 Å². The van der Waals surface area contributed by atoms with Gasteiger partial charge in [0.1, 0.15) is 12.1 Å². The standard InChI is InChI=1S/C31H28N2O10P2/c1-31(33-32-30(35)40-21-22-11-5-2-6-12-22,20-23-17-18-26(42-44(36)37)27(19-23)43-45(38)39)29(34)41-28(24-13-7-3-8-14-24)25-15-9-4-10-16-25/h2-19,28,33H,20-21H2,1H3,(H,32,35)/t31-/m0/s1. The lowest BCUT2D eigenvalue weighted by molar-refractivity contribution is -0.155. The maximum absolute atomic E-state index is 14.0. The Morgan fingerprint density at radius 1 is 0.711 bits per heavy atom. The van der Waals surface area contributed by atoms with Crippen LogP contribution < -0.4 is 19.9 Å². The number of carbonyl (C=O) groups excluding carboxylic acids is 2. The summed E-state index contributed by atoms with van der Waals surface area (Å²) in [6, 6.07) is 30.9. The Hall–Kier alpha value is -5.02. The number of carbonyl (C=O) groups is 2. The molecule has 0 aromatic heterocycles. The van der Waals surface area contributed by atoms with Gasteiger partial charge in [0.25, 0.3) is 0 Å². The van der Waals surface area contributed by atoms with Gasteiger partial charge in [-0.05, 0) is 41.3 Å². The number of esters is 1. The van der Waals surface area contributed by atoms with E-state index in [0.29, 0.717) is 16.7 Å². The van der Waals surface area contributed by atoms with Gasteiger partial charge in [0, 0.05) is 6.42 Å². The summed E-state index contributed by atoms with van der Waals surface area (Å²) in [6.45, 7) is 1.44. The maximum atomic E-state index is 14.0. The molecule has 4 aromatic rings. The second-order valence-corrected chi connectivity index (χ2v) is 11.1. The first-order valence-corrected chi connectivity index (χ1v) is 15.6. The minimum atomic E-state index is -3.44. The fraction of sp³-hybridized carbons (Fsp3) is 0.161. The summed E-state index contributed by atoms with van der Waals surface area (Å²) in [6.07, 6.45) is -1.90. The fourth-order valence-corrected chi connectivity index (χ4v) is 4.93. The van der Waals surface area contributed by atoms with Crippen LogP contribution in [-0.2, 0) is 45.6 Å². The van der Waals surface area contributed by atoms with Crippen molar-refractivity contribution < 1.29 is 46.4 Å². The number of hydrazine groups is 1. The number of hydrogen-bond donors (Lipinski definition) is 2. The summed E-state index contributed by atoms with van der Waals surface area (Å²) < 4.78 is 65.6. The first-order chi connectivity index (χ1) is 21.6. The molecule has 1 amide bonds. The Balaban J connectivity index is 1.63. The van der Waals surface area contributed by atoms with Crippen LogP contribution in [0.4, 0.5) is 4.79 Å². The number of benzene rings is 4. The molecule has 12 nitrogen and oxygen atoms in total. The third-order valence-corrected chi connectivity index (χ3v) is 7.14. The molecule has 0 bridgehead atoms. The quantitative estimate of drug-likeness (QED) is 0.0849. The molecule has 0 spiro atoms. The van der Waals surface area contributed by atoms with E-state index in [1.165, 1.54) is 25.1 Å². The molecule has 0 heterocycles. The van der Waals surface area contributed by atoms with Crippen LogP contribution in [-0.4, -0.2) is 17.6 Å². The van der Waals surface area contributed by atoms with Gasteiger partial charge < -0.3 is 18.5 Å². The molecule has 4 aromatic carbocycles. The van der Waals surface area contributed by atoms with E-state index in [-0.39, 0.29) is 18.8 Å². The average molecular weight is 651 g/mol. The lowest BCUT2D eigenvalue weighted by Gasteiger charge is -2.31. The molecule has 4 rings (SSSR count). The Labute approximate surface area is 259 Å². The topological polar surface area (TPSA) is 163 Å². The molecule has 14 heteroatoms. The van der Waals surface area contributed by atoms with E-state index in [4.69, 9.17) is 14.0 Å². The first kappa shape index (κ1) is 32.9. The lowest BCUT2D eigenvalue weighted by Crippen LogP contribution is -2.59. The summed E-state index contributed by atoms with van der Waals surface area (Å²) in [5.74, 6) is -1.58. The van der Waals surface area contributed by atoms with Gasteiger partial charge in [-0.2, -0.15) is 18.3 Å². The van der Waals surface area contributed by atoms with Gasteiger partial charge in [-0.25, -0.2) is 15.0 Å². The summed E-state index contributed by atoms with van der Waals surface area (Å²) >= 11 is 0. The van der Waals surface area contributed by atoms with Crippen LogP contribution in [0.3, 0.4) is 0 Å².